The zero-order valence-electron chi connectivity index (χ0n) is 11.1. The number of carbonyl (C=O) groups is 1. The van der Waals surface area contributed by atoms with E-state index in [1.165, 1.54) is 36.2 Å². The highest BCUT2D eigenvalue weighted by molar-refractivity contribution is 7.14. The Bertz CT molecular complexity index is 427. The second-order valence-electron chi connectivity index (χ2n) is 5.31. The number of aryl methyl sites for hydroxylation is 1. The second kappa shape index (κ2) is 5.85. The Kier molecular flexibility index (Phi) is 4.40. The molecule has 3 nitrogen and oxygen atoms in total. The molecule has 18 heavy (non-hydrogen) atoms. The molecule has 1 aromatic heterocycles. The second-order valence-corrected chi connectivity index (χ2v) is 6.57. The standard InChI is InChI=1S/C14H21NO2S/c1-10-4-3-6-15(7-5-10)9-12-8-13(14(16)17)18-11(12)2/h8,10H,3-7,9H2,1-2H3,(H,16,17). The summed E-state index contributed by atoms with van der Waals surface area (Å²) in [5.41, 5.74) is 1.19. The maximum atomic E-state index is 11.0. The minimum Gasteiger partial charge on any atom is -0.477 e. The Morgan fingerprint density at radius 3 is 2.94 bits per heavy atom. The van der Waals surface area contributed by atoms with Gasteiger partial charge in [0.05, 0.1) is 0 Å². The van der Waals surface area contributed by atoms with Gasteiger partial charge in [0.1, 0.15) is 4.88 Å². The largest absolute Gasteiger partial charge is 0.477 e. The maximum Gasteiger partial charge on any atom is 0.345 e. The molecule has 100 valence electrons. The molecule has 1 N–H and O–H groups in total. The van der Waals surface area contributed by atoms with Gasteiger partial charge in [0.15, 0.2) is 0 Å². The van der Waals surface area contributed by atoms with Crippen molar-refractivity contribution in [3.05, 3.63) is 21.4 Å². The van der Waals surface area contributed by atoms with Crippen molar-refractivity contribution in [3.63, 3.8) is 0 Å². The van der Waals surface area contributed by atoms with Gasteiger partial charge in [-0.1, -0.05) is 6.92 Å². The molecule has 1 unspecified atom stereocenters. The molecule has 1 aromatic rings. The fourth-order valence-electron chi connectivity index (χ4n) is 2.50. The highest BCUT2D eigenvalue weighted by Crippen LogP contribution is 2.24. The molecule has 4 heteroatoms. The number of carboxylic acid groups (broad SMARTS) is 1. The van der Waals surface area contributed by atoms with Gasteiger partial charge in [-0.2, -0.15) is 0 Å². The molecule has 0 bridgehead atoms. The Hall–Kier alpha value is -0.870. The molecule has 0 aromatic carbocycles. The van der Waals surface area contributed by atoms with E-state index in [0.717, 1.165) is 30.4 Å². The van der Waals surface area contributed by atoms with Crippen LogP contribution in [0.15, 0.2) is 6.07 Å². The van der Waals surface area contributed by atoms with Crippen LogP contribution in [0.2, 0.25) is 0 Å². The number of likely N-dealkylation sites (tertiary alicyclic amines) is 1. The summed E-state index contributed by atoms with van der Waals surface area (Å²) in [5, 5.41) is 9.00. The van der Waals surface area contributed by atoms with Crippen LogP contribution in [0.5, 0.6) is 0 Å². The van der Waals surface area contributed by atoms with E-state index in [4.69, 9.17) is 5.11 Å². The molecule has 1 atom stereocenters. The van der Waals surface area contributed by atoms with E-state index in [2.05, 4.69) is 11.8 Å². The summed E-state index contributed by atoms with van der Waals surface area (Å²) in [5.74, 6) is 0.0204. The van der Waals surface area contributed by atoms with Crippen molar-refractivity contribution >= 4 is 17.3 Å². The molecule has 2 rings (SSSR count). The first-order valence-corrected chi connectivity index (χ1v) is 7.43. The van der Waals surface area contributed by atoms with Gasteiger partial charge in [-0.15, -0.1) is 11.3 Å². The summed E-state index contributed by atoms with van der Waals surface area (Å²) in [6, 6.07) is 1.84. The molecule has 0 saturated carbocycles. The quantitative estimate of drug-likeness (QED) is 0.912. The van der Waals surface area contributed by atoms with Gasteiger partial charge in [0, 0.05) is 11.4 Å². The van der Waals surface area contributed by atoms with E-state index in [1.54, 1.807) is 0 Å². The molecule has 1 aliphatic rings. The first-order chi connectivity index (χ1) is 8.56. The third kappa shape index (κ3) is 3.33. The Morgan fingerprint density at radius 1 is 1.50 bits per heavy atom. The van der Waals surface area contributed by atoms with E-state index in [-0.39, 0.29) is 0 Å². The van der Waals surface area contributed by atoms with Crippen LogP contribution in [0.4, 0.5) is 0 Å². The average Bonchev–Trinajstić information content (AvgIpc) is 2.54. The third-order valence-electron chi connectivity index (χ3n) is 3.73. The lowest BCUT2D eigenvalue weighted by atomic mass is 10.0. The van der Waals surface area contributed by atoms with Gasteiger partial charge in [-0.05, 0) is 56.8 Å². The van der Waals surface area contributed by atoms with Gasteiger partial charge < -0.3 is 5.11 Å². The molecule has 2 heterocycles. The van der Waals surface area contributed by atoms with Gasteiger partial charge in [0.2, 0.25) is 0 Å². The van der Waals surface area contributed by atoms with E-state index in [1.807, 2.05) is 13.0 Å². The molecular weight excluding hydrogens is 246 g/mol. The third-order valence-corrected chi connectivity index (χ3v) is 4.82. The Balaban J connectivity index is 2.02. The minimum absolute atomic E-state index is 0.464. The van der Waals surface area contributed by atoms with Crippen LogP contribution in [-0.4, -0.2) is 29.1 Å². The van der Waals surface area contributed by atoms with E-state index >= 15 is 0 Å². The maximum absolute atomic E-state index is 11.0. The van der Waals surface area contributed by atoms with Gasteiger partial charge >= 0.3 is 5.97 Å². The van der Waals surface area contributed by atoms with Crippen LogP contribution in [-0.2, 0) is 6.54 Å². The summed E-state index contributed by atoms with van der Waals surface area (Å²) in [6.07, 6.45) is 3.84. The van der Waals surface area contributed by atoms with Crippen molar-refractivity contribution in [3.8, 4) is 0 Å². The number of hydrogen-bond donors (Lipinski definition) is 1. The van der Waals surface area contributed by atoms with Crippen LogP contribution in [0.3, 0.4) is 0 Å². The van der Waals surface area contributed by atoms with E-state index in [9.17, 15) is 4.79 Å². The summed E-state index contributed by atoms with van der Waals surface area (Å²) in [7, 11) is 0. The predicted octanol–water partition coefficient (Wildman–Crippen LogP) is 3.38. The molecule has 0 aliphatic carbocycles. The first-order valence-electron chi connectivity index (χ1n) is 6.61. The molecule has 0 radical (unpaired) electrons. The number of thiophene rings is 1. The SMILES string of the molecule is Cc1sc(C(=O)O)cc1CN1CCCC(C)CC1. The lowest BCUT2D eigenvalue weighted by Crippen LogP contribution is -2.24. The fraction of sp³-hybridized carbons (Fsp3) is 0.643. The van der Waals surface area contributed by atoms with Gasteiger partial charge in [-0.25, -0.2) is 4.79 Å². The lowest BCUT2D eigenvalue weighted by Gasteiger charge is -2.19. The highest BCUT2D eigenvalue weighted by Gasteiger charge is 2.17. The summed E-state index contributed by atoms with van der Waals surface area (Å²) < 4.78 is 0. The van der Waals surface area contributed by atoms with Gasteiger partial charge in [-0.3, -0.25) is 4.90 Å². The van der Waals surface area contributed by atoms with Crippen LogP contribution < -0.4 is 0 Å². The molecule has 1 fully saturated rings. The van der Waals surface area contributed by atoms with Crippen molar-refractivity contribution < 1.29 is 9.90 Å². The van der Waals surface area contributed by atoms with Crippen LogP contribution >= 0.6 is 11.3 Å². The van der Waals surface area contributed by atoms with Gasteiger partial charge in [0.25, 0.3) is 0 Å². The molecular formula is C14H21NO2S. The molecule has 0 spiro atoms. The zero-order valence-corrected chi connectivity index (χ0v) is 11.9. The number of carboxylic acids is 1. The Morgan fingerprint density at radius 2 is 2.28 bits per heavy atom. The predicted molar refractivity (Wildman–Crippen MR) is 74.3 cm³/mol. The van der Waals surface area contributed by atoms with Crippen molar-refractivity contribution in [2.24, 2.45) is 5.92 Å². The molecule has 1 saturated heterocycles. The topological polar surface area (TPSA) is 40.5 Å². The number of hydrogen-bond acceptors (Lipinski definition) is 3. The monoisotopic (exact) mass is 267 g/mol. The molecule has 0 amide bonds. The summed E-state index contributed by atoms with van der Waals surface area (Å²) in [4.78, 5) is 15.0. The smallest absolute Gasteiger partial charge is 0.345 e. The Labute approximate surface area is 112 Å². The van der Waals surface area contributed by atoms with Crippen molar-refractivity contribution in [1.29, 1.82) is 0 Å². The average molecular weight is 267 g/mol. The molecule has 1 aliphatic heterocycles. The summed E-state index contributed by atoms with van der Waals surface area (Å²) >= 11 is 1.39. The fourth-order valence-corrected chi connectivity index (χ4v) is 3.38. The van der Waals surface area contributed by atoms with Crippen molar-refractivity contribution in [1.82, 2.24) is 4.90 Å². The van der Waals surface area contributed by atoms with Crippen LogP contribution in [0, 0.1) is 12.8 Å². The van der Waals surface area contributed by atoms with Crippen LogP contribution in [0.25, 0.3) is 0 Å². The first kappa shape index (κ1) is 13.6. The van der Waals surface area contributed by atoms with Crippen molar-refractivity contribution in [2.75, 3.05) is 13.1 Å². The van der Waals surface area contributed by atoms with E-state index < -0.39 is 5.97 Å². The van der Waals surface area contributed by atoms with E-state index in [0.29, 0.717) is 4.88 Å². The minimum atomic E-state index is -0.807. The highest BCUT2D eigenvalue weighted by atomic mass is 32.1. The lowest BCUT2D eigenvalue weighted by molar-refractivity contribution is 0.0702. The number of aromatic carboxylic acids is 1. The number of rotatable bonds is 3. The summed E-state index contributed by atoms with van der Waals surface area (Å²) in [6.45, 7) is 7.53. The van der Waals surface area contributed by atoms with Crippen LogP contribution in [0.1, 0.15) is 46.3 Å². The normalized spacial score (nSPS) is 21.8. The zero-order chi connectivity index (χ0) is 13.1. The van der Waals surface area contributed by atoms with Crippen molar-refractivity contribution in [2.45, 2.75) is 39.7 Å². The number of nitrogens with zero attached hydrogens (tertiary/aromatic N) is 1.